The molecule has 0 aromatic heterocycles. The molecule has 2 rings (SSSR count). The number of aliphatic hydroxyl groups excluding tert-OH is 1. The van der Waals surface area contributed by atoms with Crippen molar-refractivity contribution < 1.29 is 29.6 Å². The first-order chi connectivity index (χ1) is 6.95. The Morgan fingerprint density at radius 1 is 1.07 bits per heavy atom. The van der Waals surface area contributed by atoms with Crippen molar-refractivity contribution in [3.63, 3.8) is 0 Å². The number of rotatable bonds is 2. The van der Waals surface area contributed by atoms with Gasteiger partial charge in [0, 0.05) is 5.92 Å². The summed E-state index contributed by atoms with van der Waals surface area (Å²) in [6.45, 7) is 1.67. The molecule has 2 saturated heterocycles. The van der Waals surface area contributed by atoms with E-state index < -0.39 is 42.1 Å². The van der Waals surface area contributed by atoms with E-state index in [0.717, 1.165) is 0 Å². The number of hydrogen-bond acceptors (Lipinski definition) is 4. The Kier molecular flexibility index (Phi) is 2.20. The maximum absolute atomic E-state index is 10.9. The molecule has 0 radical (unpaired) electrons. The van der Waals surface area contributed by atoms with Gasteiger partial charge < -0.3 is 20.1 Å². The zero-order valence-corrected chi connectivity index (χ0v) is 8.03. The molecule has 6 nitrogen and oxygen atoms in total. The van der Waals surface area contributed by atoms with E-state index in [1.807, 2.05) is 0 Å². The minimum Gasteiger partial charge on any atom is -0.481 e. The lowest BCUT2D eigenvalue weighted by molar-refractivity contribution is -0.156. The Morgan fingerprint density at radius 3 is 2.00 bits per heavy atom. The molecule has 6 heteroatoms. The molecule has 4 unspecified atom stereocenters. The second-order valence-electron chi connectivity index (χ2n) is 4.14. The first-order valence-electron chi connectivity index (χ1n) is 4.74. The van der Waals surface area contributed by atoms with E-state index in [1.54, 1.807) is 6.92 Å². The van der Waals surface area contributed by atoms with Crippen LogP contribution in [0, 0.1) is 17.8 Å². The summed E-state index contributed by atoms with van der Waals surface area (Å²) < 4.78 is 5.23. The molecule has 6 atom stereocenters. The Bertz CT molecular complexity index is 284. The van der Waals surface area contributed by atoms with Crippen LogP contribution in [-0.2, 0) is 14.3 Å². The quantitative estimate of drug-likeness (QED) is 0.556. The van der Waals surface area contributed by atoms with Gasteiger partial charge in [0.1, 0.15) is 5.92 Å². The van der Waals surface area contributed by atoms with Crippen molar-refractivity contribution >= 4 is 11.9 Å². The SMILES string of the molecule is C[C@H]1C(O)C2O[C@H]1C(C(=O)O)C2C(=O)O. The first-order valence-corrected chi connectivity index (χ1v) is 4.74. The van der Waals surface area contributed by atoms with Crippen LogP contribution in [0.25, 0.3) is 0 Å². The second-order valence-corrected chi connectivity index (χ2v) is 4.14. The number of aliphatic carboxylic acids is 2. The molecule has 0 amide bonds. The molecule has 0 aliphatic carbocycles. The van der Waals surface area contributed by atoms with Crippen molar-refractivity contribution in [2.45, 2.75) is 25.2 Å². The van der Waals surface area contributed by atoms with Crippen LogP contribution in [-0.4, -0.2) is 45.6 Å². The van der Waals surface area contributed by atoms with Gasteiger partial charge in [-0.05, 0) is 0 Å². The molecule has 0 saturated carbocycles. The fourth-order valence-electron chi connectivity index (χ4n) is 2.59. The lowest BCUT2D eigenvalue weighted by Gasteiger charge is -2.29. The molecule has 2 fully saturated rings. The fourth-order valence-corrected chi connectivity index (χ4v) is 2.59. The van der Waals surface area contributed by atoms with Gasteiger partial charge in [0.25, 0.3) is 0 Å². The van der Waals surface area contributed by atoms with Crippen LogP contribution in [0.4, 0.5) is 0 Å². The Balaban J connectivity index is 2.32. The van der Waals surface area contributed by atoms with Crippen LogP contribution in [0.2, 0.25) is 0 Å². The van der Waals surface area contributed by atoms with Crippen molar-refractivity contribution in [2.75, 3.05) is 0 Å². The smallest absolute Gasteiger partial charge is 0.310 e. The molecule has 15 heavy (non-hydrogen) atoms. The summed E-state index contributed by atoms with van der Waals surface area (Å²) in [4.78, 5) is 21.8. The normalized spacial score (nSPS) is 48.1. The van der Waals surface area contributed by atoms with Crippen LogP contribution < -0.4 is 0 Å². The van der Waals surface area contributed by atoms with E-state index in [1.165, 1.54) is 0 Å². The van der Waals surface area contributed by atoms with Crippen LogP contribution in [0.15, 0.2) is 0 Å². The Morgan fingerprint density at radius 2 is 1.53 bits per heavy atom. The first kappa shape index (κ1) is 10.4. The largest absolute Gasteiger partial charge is 0.481 e. The summed E-state index contributed by atoms with van der Waals surface area (Å²) in [5, 5.41) is 27.5. The fraction of sp³-hybridized carbons (Fsp3) is 0.778. The van der Waals surface area contributed by atoms with Crippen LogP contribution >= 0.6 is 0 Å². The highest BCUT2D eigenvalue weighted by molar-refractivity contribution is 5.82. The molecule has 2 heterocycles. The molecular formula is C9H12O6. The van der Waals surface area contributed by atoms with Crippen molar-refractivity contribution in [2.24, 2.45) is 17.8 Å². The minimum atomic E-state index is -1.22. The van der Waals surface area contributed by atoms with Gasteiger partial charge in [-0.2, -0.15) is 0 Å². The third-order valence-corrected chi connectivity index (χ3v) is 3.37. The van der Waals surface area contributed by atoms with E-state index in [9.17, 15) is 14.7 Å². The highest BCUT2D eigenvalue weighted by Crippen LogP contribution is 2.46. The van der Waals surface area contributed by atoms with E-state index in [0.29, 0.717) is 0 Å². The number of carboxylic acid groups (broad SMARTS) is 2. The standard InChI is InChI=1S/C9H12O6/c1-2-5(10)7-4(9(13)14)3(8(11)12)6(2)15-7/h2-7,10H,1H3,(H,11,12)(H,13,14)/t2-,3?,4?,5?,6+,7?/m0/s1. The van der Waals surface area contributed by atoms with Gasteiger partial charge in [-0.25, -0.2) is 0 Å². The zero-order chi connectivity index (χ0) is 11.3. The van der Waals surface area contributed by atoms with Crippen LogP contribution in [0.1, 0.15) is 6.92 Å². The van der Waals surface area contributed by atoms with E-state index in [2.05, 4.69) is 0 Å². The number of ether oxygens (including phenoxy) is 1. The second kappa shape index (κ2) is 3.18. The monoisotopic (exact) mass is 216 g/mol. The average Bonchev–Trinajstić information content (AvgIpc) is 2.64. The lowest BCUT2D eigenvalue weighted by atomic mass is 9.73. The third-order valence-electron chi connectivity index (χ3n) is 3.37. The maximum atomic E-state index is 10.9. The summed E-state index contributed by atoms with van der Waals surface area (Å²) in [5.74, 6) is -4.91. The third kappa shape index (κ3) is 1.25. The number of fused-ring (bicyclic) bond motifs is 2. The topological polar surface area (TPSA) is 104 Å². The Hall–Kier alpha value is -1.14. The predicted octanol–water partition coefficient (Wildman–Crippen LogP) is -0.834. The van der Waals surface area contributed by atoms with Gasteiger partial charge in [-0.15, -0.1) is 0 Å². The van der Waals surface area contributed by atoms with Gasteiger partial charge in [0.2, 0.25) is 0 Å². The summed E-state index contributed by atoms with van der Waals surface area (Å²) in [5.41, 5.74) is 0. The molecule has 2 aliphatic rings. The molecule has 2 bridgehead atoms. The van der Waals surface area contributed by atoms with Gasteiger partial charge in [-0.1, -0.05) is 6.92 Å². The van der Waals surface area contributed by atoms with Gasteiger partial charge in [0.05, 0.1) is 24.2 Å². The summed E-state index contributed by atoms with van der Waals surface area (Å²) in [6.07, 6.45) is -2.46. The summed E-state index contributed by atoms with van der Waals surface area (Å²) in [6, 6.07) is 0. The van der Waals surface area contributed by atoms with Crippen LogP contribution in [0.5, 0.6) is 0 Å². The highest BCUT2D eigenvalue weighted by Gasteiger charge is 2.62. The molecular weight excluding hydrogens is 204 g/mol. The van der Waals surface area contributed by atoms with Crippen molar-refractivity contribution in [3.05, 3.63) is 0 Å². The molecule has 0 spiro atoms. The summed E-state index contributed by atoms with van der Waals surface area (Å²) in [7, 11) is 0. The van der Waals surface area contributed by atoms with E-state index in [-0.39, 0.29) is 5.92 Å². The molecule has 0 aromatic carbocycles. The average molecular weight is 216 g/mol. The lowest BCUT2D eigenvalue weighted by Crippen LogP contribution is -2.48. The van der Waals surface area contributed by atoms with E-state index in [4.69, 9.17) is 14.9 Å². The number of carbonyl (C=O) groups is 2. The molecule has 2 aliphatic heterocycles. The number of aliphatic hydroxyl groups is 1. The van der Waals surface area contributed by atoms with Gasteiger partial charge >= 0.3 is 11.9 Å². The zero-order valence-electron chi connectivity index (χ0n) is 8.03. The maximum Gasteiger partial charge on any atom is 0.310 e. The molecule has 0 aromatic rings. The minimum absolute atomic E-state index is 0.327. The van der Waals surface area contributed by atoms with Gasteiger partial charge in [-0.3, -0.25) is 9.59 Å². The number of carboxylic acids is 2. The molecule has 3 N–H and O–H groups in total. The van der Waals surface area contributed by atoms with Gasteiger partial charge in [0.15, 0.2) is 0 Å². The predicted molar refractivity (Wildman–Crippen MR) is 46.1 cm³/mol. The Labute approximate surface area is 85.5 Å². The van der Waals surface area contributed by atoms with Crippen molar-refractivity contribution in [3.8, 4) is 0 Å². The molecule has 84 valence electrons. The van der Waals surface area contributed by atoms with E-state index >= 15 is 0 Å². The van der Waals surface area contributed by atoms with Crippen LogP contribution in [0.3, 0.4) is 0 Å². The van der Waals surface area contributed by atoms with Crippen molar-refractivity contribution in [1.82, 2.24) is 0 Å². The highest BCUT2D eigenvalue weighted by atomic mass is 16.5. The van der Waals surface area contributed by atoms with Crippen molar-refractivity contribution in [1.29, 1.82) is 0 Å². The number of hydrogen-bond donors (Lipinski definition) is 3. The summed E-state index contributed by atoms with van der Waals surface area (Å²) >= 11 is 0.